The number of hydrogen-bond acceptors (Lipinski definition) is 2. The van der Waals surface area contributed by atoms with E-state index in [9.17, 15) is 9.59 Å². The summed E-state index contributed by atoms with van der Waals surface area (Å²) >= 11 is 0. The van der Waals surface area contributed by atoms with E-state index >= 15 is 0 Å². The van der Waals surface area contributed by atoms with E-state index in [1.165, 1.54) is 5.56 Å². The lowest BCUT2D eigenvalue weighted by Crippen LogP contribution is -2.28. The van der Waals surface area contributed by atoms with Crippen LogP contribution in [0.3, 0.4) is 0 Å². The SMILES string of the molecule is Cc1ccccc1CN1CC(C(=O)Nc2ccc(C(C)(C)C)cc2)CC1=O. The van der Waals surface area contributed by atoms with E-state index in [4.69, 9.17) is 0 Å². The maximum Gasteiger partial charge on any atom is 0.229 e. The van der Waals surface area contributed by atoms with Crippen LogP contribution in [0.4, 0.5) is 5.69 Å². The monoisotopic (exact) mass is 364 g/mol. The summed E-state index contributed by atoms with van der Waals surface area (Å²) in [5.74, 6) is -0.343. The molecule has 2 aromatic carbocycles. The van der Waals surface area contributed by atoms with Gasteiger partial charge in [-0.1, -0.05) is 57.2 Å². The van der Waals surface area contributed by atoms with Crippen LogP contribution < -0.4 is 5.32 Å². The molecule has 2 aromatic rings. The molecule has 1 N–H and O–H groups in total. The Bertz CT molecular complexity index is 834. The molecule has 1 heterocycles. The molecule has 2 amide bonds. The molecule has 1 saturated heterocycles. The molecule has 0 radical (unpaired) electrons. The first-order valence-corrected chi connectivity index (χ1v) is 9.48. The van der Waals surface area contributed by atoms with Gasteiger partial charge in [-0.15, -0.1) is 0 Å². The fraction of sp³-hybridized carbons (Fsp3) is 0.391. The summed E-state index contributed by atoms with van der Waals surface area (Å²) < 4.78 is 0. The zero-order valence-corrected chi connectivity index (χ0v) is 16.6. The topological polar surface area (TPSA) is 49.4 Å². The van der Waals surface area contributed by atoms with Crippen LogP contribution in [0.5, 0.6) is 0 Å². The zero-order chi connectivity index (χ0) is 19.6. The van der Waals surface area contributed by atoms with Crippen molar-refractivity contribution in [3.05, 3.63) is 65.2 Å². The lowest BCUT2D eigenvalue weighted by Gasteiger charge is -2.20. The molecule has 1 atom stereocenters. The summed E-state index contributed by atoms with van der Waals surface area (Å²) in [6, 6.07) is 16.0. The molecule has 0 bridgehead atoms. The van der Waals surface area contributed by atoms with Gasteiger partial charge in [-0.2, -0.15) is 0 Å². The molecule has 1 fully saturated rings. The molecule has 1 aliphatic rings. The Labute approximate surface area is 161 Å². The maximum absolute atomic E-state index is 12.6. The van der Waals surface area contributed by atoms with Gasteiger partial charge >= 0.3 is 0 Å². The number of hydrogen-bond donors (Lipinski definition) is 1. The van der Waals surface area contributed by atoms with Gasteiger partial charge < -0.3 is 10.2 Å². The molecule has 27 heavy (non-hydrogen) atoms. The number of aryl methyl sites for hydroxylation is 1. The van der Waals surface area contributed by atoms with Crippen molar-refractivity contribution in [2.75, 3.05) is 11.9 Å². The zero-order valence-electron chi connectivity index (χ0n) is 16.6. The minimum Gasteiger partial charge on any atom is -0.338 e. The summed E-state index contributed by atoms with van der Waals surface area (Å²) in [5, 5.41) is 2.96. The van der Waals surface area contributed by atoms with Crippen LogP contribution in [-0.4, -0.2) is 23.3 Å². The molecule has 1 aliphatic heterocycles. The van der Waals surface area contributed by atoms with Crippen LogP contribution in [-0.2, 0) is 21.5 Å². The molecule has 3 rings (SSSR count). The van der Waals surface area contributed by atoms with Gasteiger partial charge in [-0.05, 0) is 41.2 Å². The van der Waals surface area contributed by atoms with E-state index in [0.717, 1.165) is 16.8 Å². The summed E-state index contributed by atoms with van der Waals surface area (Å²) in [6.45, 7) is 9.56. The molecule has 4 heteroatoms. The lowest BCUT2D eigenvalue weighted by molar-refractivity contribution is -0.128. The van der Waals surface area contributed by atoms with Crippen LogP contribution in [0, 0.1) is 12.8 Å². The minimum atomic E-state index is -0.302. The Balaban J connectivity index is 1.61. The van der Waals surface area contributed by atoms with Gasteiger partial charge in [0.2, 0.25) is 11.8 Å². The Hall–Kier alpha value is -2.62. The first-order chi connectivity index (χ1) is 12.7. The maximum atomic E-state index is 12.6. The Morgan fingerprint density at radius 1 is 1.11 bits per heavy atom. The molecule has 0 aromatic heterocycles. The third-order valence-corrected chi connectivity index (χ3v) is 5.23. The van der Waals surface area contributed by atoms with Gasteiger partial charge in [0, 0.05) is 25.2 Å². The van der Waals surface area contributed by atoms with Crippen molar-refractivity contribution < 1.29 is 9.59 Å². The first-order valence-electron chi connectivity index (χ1n) is 9.48. The second-order valence-electron chi connectivity index (χ2n) is 8.42. The largest absolute Gasteiger partial charge is 0.338 e. The van der Waals surface area contributed by atoms with Crippen molar-refractivity contribution in [1.82, 2.24) is 4.90 Å². The Kier molecular flexibility index (Phi) is 5.36. The van der Waals surface area contributed by atoms with Gasteiger partial charge in [0.05, 0.1) is 5.92 Å². The number of nitrogens with zero attached hydrogens (tertiary/aromatic N) is 1. The average Bonchev–Trinajstić information content (AvgIpc) is 2.97. The smallest absolute Gasteiger partial charge is 0.229 e. The molecular formula is C23H28N2O2. The van der Waals surface area contributed by atoms with Gasteiger partial charge in [-0.25, -0.2) is 0 Å². The summed E-state index contributed by atoms with van der Waals surface area (Å²) in [4.78, 5) is 26.8. The summed E-state index contributed by atoms with van der Waals surface area (Å²) in [5.41, 5.74) is 4.37. The molecule has 4 nitrogen and oxygen atoms in total. The van der Waals surface area contributed by atoms with Crippen LogP contribution in [0.2, 0.25) is 0 Å². The molecule has 1 unspecified atom stereocenters. The number of carbonyl (C=O) groups is 2. The van der Waals surface area contributed by atoms with Crippen molar-refractivity contribution in [3.63, 3.8) is 0 Å². The number of amides is 2. The quantitative estimate of drug-likeness (QED) is 0.880. The highest BCUT2D eigenvalue weighted by atomic mass is 16.2. The third kappa shape index (κ3) is 4.57. The standard InChI is InChI=1S/C23H28N2O2/c1-16-7-5-6-8-17(16)14-25-15-18(13-21(25)26)22(27)24-20-11-9-19(10-12-20)23(2,3)4/h5-12,18H,13-15H2,1-4H3,(H,24,27). The van der Waals surface area contributed by atoms with Crippen LogP contribution in [0.15, 0.2) is 48.5 Å². The number of rotatable bonds is 4. The molecular weight excluding hydrogens is 336 g/mol. The van der Waals surface area contributed by atoms with Gasteiger partial charge in [0.1, 0.15) is 0 Å². The number of benzene rings is 2. The lowest BCUT2D eigenvalue weighted by atomic mass is 9.87. The van der Waals surface area contributed by atoms with Crippen LogP contribution in [0.25, 0.3) is 0 Å². The Morgan fingerprint density at radius 3 is 2.41 bits per heavy atom. The van der Waals surface area contributed by atoms with Gasteiger partial charge in [0.15, 0.2) is 0 Å². The molecule has 142 valence electrons. The minimum absolute atomic E-state index is 0.0430. The van der Waals surface area contributed by atoms with Crippen molar-refractivity contribution in [2.45, 2.75) is 46.1 Å². The number of anilines is 1. The predicted octanol–water partition coefficient (Wildman–Crippen LogP) is 4.28. The third-order valence-electron chi connectivity index (χ3n) is 5.23. The van der Waals surface area contributed by atoms with Crippen molar-refractivity contribution in [2.24, 2.45) is 5.92 Å². The van der Waals surface area contributed by atoms with Crippen molar-refractivity contribution >= 4 is 17.5 Å². The van der Waals surface area contributed by atoms with E-state index in [2.05, 4.69) is 26.1 Å². The van der Waals surface area contributed by atoms with Gasteiger partial charge in [-0.3, -0.25) is 9.59 Å². The molecule has 0 aliphatic carbocycles. The normalized spacial score (nSPS) is 17.3. The van der Waals surface area contributed by atoms with E-state index in [-0.39, 0.29) is 29.6 Å². The highest BCUT2D eigenvalue weighted by Crippen LogP contribution is 2.25. The Morgan fingerprint density at radius 2 is 1.78 bits per heavy atom. The predicted molar refractivity (Wildman–Crippen MR) is 108 cm³/mol. The fourth-order valence-electron chi connectivity index (χ4n) is 3.39. The highest BCUT2D eigenvalue weighted by Gasteiger charge is 2.34. The first kappa shape index (κ1) is 19.2. The van der Waals surface area contributed by atoms with E-state index < -0.39 is 0 Å². The molecule has 0 spiro atoms. The van der Waals surface area contributed by atoms with Gasteiger partial charge in [0.25, 0.3) is 0 Å². The number of nitrogens with one attached hydrogen (secondary N) is 1. The van der Waals surface area contributed by atoms with Crippen LogP contribution in [0.1, 0.15) is 43.9 Å². The van der Waals surface area contributed by atoms with E-state index in [1.54, 1.807) is 4.90 Å². The number of likely N-dealkylation sites (tertiary alicyclic amines) is 1. The molecule has 0 saturated carbocycles. The van der Waals surface area contributed by atoms with Crippen molar-refractivity contribution in [1.29, 1.82) is 0 Å². The van der Waals surface area contributed by atoms with E-state index in [1.807, 2.05) is 55.5 Å². The second-order valence-corrected chi connectivity index (χ2v) is 8.42. The summed E-state index contributed by atoms with van der Waals surface area (Å²) in [7, 11) is 0. The van der Waals surface area contributed by atoms with E-state index in [0.29, 0.717) is 13.1 Å². The fourth-order valence-corrected chi connectivity index (χ4v) is 3.39. The summed E-state index contributed by atoms with van der Waals surface area (Å²) in [6.07, 6.45) is 0.276. The highest BCUT2D eigenvalue weighted by molar-refractivity contribution is 5.97. The van der Waals surface area contributed by atoms with Crippen LogP contribution >= 0.6 is 0 Å². The number of carbonyl (C=O) groups excluding carboxylic acids is 2. The second kappa shape index (κ2) is 7.55. The van der Waals surface area contributed by atoms with Crippen molar-refractivity contribution in [3.8, 4) is 0 Å². The average molecular weight is 364 g/mol.